The van der Waals surface area contributed by atoms with Crippen molar-refractivity contribution in [2.45, 2.75) is 12.7 Å². The first-order valence-corrected chi connectivity index (χ1v) is 6.11. The Morgan fingerprint density at radius 1 is 1.15 bits per heavy atom. The average molecular weight is 323 g/mol. The molecule has 0 aliphatic carbocycles. The Hall–Kier alpha value is -1.53. The van der Waals surface area contributed by atoms with Crippen LogP contribution in [0.15, 0.2) is 35.3 Å². The first-order valence-electron chi connectivity index (χ1n) is 5.36. The van der Waals surface area contributed by atoms with Gasteiger partial charge >= 0.3 is 6.18 Å². The molecule has 0 bridgehead atoms. The third-order valence-electron chi connectivity index (χ3n) is 2.52. The van der Waals surface area contributed by atoms with Gasteiger partial charge in [0.15, 0.2) is 0 Å². The molecule has 0 radical (unpaired) electrons. The summed E-state index contributed by atoms with van der Waals surface area (Å²) in [7, 11) is 0. The SMILES string of the molecule is O=c1ccc(C(F)(F)F)cn1Cc1nc(Cl)ccc1Cl. The maximum Gasteiger partial charge on any atom is 0.417 e. The largest absolute Gasteiger partial charge is 0.417 e. The maximum atomic E-state index is 12.6. The van der Waals surface area contributed by atoms with Crippen LogP contribution in [0.1, 0.15) is 11.3 Å². The van der Waals surface area contributed by atoms with Crippen LogP contribution in [-0.4, -0.2) is 9.55 Å². The molecule has 0 spiro atoms. The van der Waals surface area contributed by atoms with E-state index in [-0.39, 0.29) is 22.4 Å². The van der Waals surface area contributed by atoms with E-state index in [9.17, 15) is 18.0 Å². The molecule has 0 aliphatic rings. The van der Waals surface area contributed by atoms with Crippen LogP contribution in [0.4, 0.5) is 13.2 Å². The van der Waals surface area contributed by atoms with E-state index in [2.05, 4.69) is 4.98 Å². The van der Waals surface area contributed by atoms with Crippen LogP contribution < -0.4 is 5.56 Å². The summed E-state index contributed by atoms with van der Waals surface area (Å²) in [5.41, 5.74) is -1.29. The first-order chi connectivity index (χ1) is 9.27. The van der Waals surface area contributed by atoms with Gasteiger partial charge in [-0.05, 0) is 18.2 Å². The van der Waals surface area contributed by atoms with Crippen LogP contribution in [-0.2, 0) is 12.7 Å². The van der Waals surface area contributed by atoms with Crippen molar-refractivity contribution in [3.05, 3.63) is 62.2 Å². The molecule has 2 rings (SSSR count). The Morgan fingerprint density at radius 3 is 2.50 bits per heavy atom. The van der Waals surface area contributed by atoms with Gasteiger partial charge in [0.2, 0.25) is 0 Å². The highest BCUT2D eigenvalue weighted by molar-refractivity contribution is 6.32. The third-order valence-corrected chi connectivity index (χ3v) is 3.07. The van der Waals surface area contributed by atoms with Crippen molar-refractivity contribution in [3.8, 4) is 0 Å². The fourth-order valence-corrected chi connectivity index (χ4v) is 1.88. The van der Waals surface area contributed by atoms with Gasteiger partial charge in [-0.25, -0.2) is 4.98 Å². The highest BCUT2D eigenvalue weighted by Crippen LogP contribution is 2.28. The number of pyridine rings is 2. The zero-order chi connectivity index (χ0) is 14.9. The van der Waals surface area contributed by atoms with Gasteiger partial charge in [0.1, 0.15) is 5.15 Å². The van der Waals surface area contributed by atoms with Crippen molar-refractivity contribution in [1.82, 2.24) is 9.55 Å². The minimum Gasteiger partial charge on any atom is -0.309 e. The normalized spacial score (nSPS) is 11.7. The lowest BCUT2D eigenvalue weighted by molar-refractivity contribution is -0.138. The second kappa shape index (κ2) is 5.46. The first kappa shape index (κ1) is 14.9. The van der Waals surface area contributed by atoms with E-state index in [0.717, 1.165) is 22.9 Å². The smallest absolute Gasteiger partial charge is 0.309 e. The Kier molecular flexibility index (Phi) is 4.06. The summed E-state index contributed by atoms with van der Waals surface area (Å²) in [5.74, 6) is 0. The van der Waals surface area contributed by atoms with Crippen LogP contribution in [0.2, 0.25) is 10.2 Å². The minimum atomic E-state index is -4.53. The maximum absolute atomic E-state index is 12.6. The highest BCUT2D eigenvalue weighted by atomic mass is 35.5. The summed E-state index contributed by atoms with van der Waals surface area (Å²) in [6, 6.07) is 4.49. The molecular weight excluding hydrogens is 316 g/mol. The van der Waals surface area contributed by atoms with Gasteiger partial charge in [-0.3, -0.25) is 4.79 Å². The molecule has 2 aromatic heterocycles. The summed E-state index contributed by atoms with van der Waals surface area (Å²) in [4.78, 5) is 15.5. The van der Waals surface area contributed by atoms with Crippen molar-refractivity contribution < 1.29 is 13.2 Å². The van der Waals surface area contributed by atoms with Crippen molar-refractivity contribution in [2.24, 2.45) is 0 Å². The molecule has 0 fully saturated rings. The Balaban J connectivity index is 2.43. The molecule has 106 valence electrons. The fraction of sp³-hybridized carbons (Fsp3) is 0.167. The monoisotopic (exact) mass is 322 g/mol. The molecule has 3 nitrogen and oxygen atoms in total. The average Bonchev–Trinajstić information content (AvgIpc) is 2.35. The lowest BCUT2D eigenvalue weighted by atomic mass is 10.2. The van der Waals surface area contributed by atoms with E-state index >= 15 is 0 Å². The van der Waals surface area contributed by atoms with E-state index in [1.54, 1.807) is 0 Å². The van der Waals surface area contributed by atoms with Crippen LogP contribution in [0.3, 0.4) is 0 Å². The molecule has 0 amide bonds. The van der Waals surface area contributed by atoms with Crippen LogP contribution in [0.25, 0.3) is 0 Å². The van der Waals surface area contributed by atoms with Crippen molar-refractivity contribution in [3.63, 3.8) is 0 Å². The number of nitrogens with zero attached hydrogens (tertiary/aromatic N) is 2. The highest BCUT2D eigenvalue weighted by Gasteiger charge is 2.31. The Morgan fingerprint density at radius 2 is 1.85 bits per heavy atom. The van der Waals surface area contributed by atoms with Crippen molar-refractivity contribution >= 4 is 23.2 Å². The van der Waals surface area contributed by atoms with Gasteiger partial charge in [-0.15, -0.1) is 0 Å². The summed E-state index contributed by atoms with van der Waals surface area (Å²) in [6.07, 6.45) is -3.80. The van der Waals surface area contributed by atoms with Crippen LogP contribution >= 0.6 is 23.2 Å². The third kappa shape index (κ3) is 3.32. The van der Waals surface area contributed by atoms with Crippen LogP contribution in [0.5, 0.6) is 0 Å². The molecule has 0 unspecified atom stereocenters. The molecule has 0 atom stereocenters. The summed E-state index contributed by atoms with van der Waals surface area (Å²) < 4.78 is 38.7. The zero-order valence-electron chi connectivity index (χ0n) is 9.79. The van der Waals surface area contributed by atoms with E-state index in [0.29, 0.717) is 0 Å². The molecule has 2 heterocycles. The van der Waals surface area contributed by atoms with Gasteiger partial charge in [-0.1, -0.05) is 23.2 Å². The van der Waals surface area contributed by atoms with Gasteiger partial charge in [0.05, 0.1) is 22.8 Å². The predicted molar refractivity (Wildman–Crippen MR) is 69.1 cm³/mol. The molecule has 0 saturated heterocycles. The van der Waals surface area contributed by atoms with Gasteiger partial charge < -0.3 is 4.57 Å². The summed E-state index contributed by atoms with van der Waals surface area (Å²) in [5, 5.41) is 0.364. The van der Waals surface area contributed by atoms with Crippen molar-refractivity contribution in [2.75, 3.05) is 0 Å². The van der Waals surface area contributed by atoms with Crippen LogP contribution in [0, 0.1) is 0 Å². The summed E-state index contributed by atoms with van der Waals surface area (Å²) >= 11 is 11.6. The van der Waals surface area contributed by atoms with E-state index < -0.39 is 17.3 Å². The topological polar surface area (TPSA) is 34.9 Å². The molecule has 0 saturated carbocycles. The van der Waals surface area contributed by atoms with E-state index in [1.165, 1.54) is 12.1 Å². The number of halogens is 5. The number of aromatic nitrogens is 2. The molecule has 0 N–H and O–H groups in total. The lowest BCUT2D eigenvalue weighted by Crippen LogP contribution is -2.22. The number of alkyl halides is 3. The number of rotatable bonds is 2. The Bertz CT molecular complexity index is 698. The summed E-state index contributed by atoms with van der Waals surface area (Å²) in [6.45, 7) is -0.192. The van der Waals surface area contributed by atoms with Gasteiger partial charge in [0.25, 0.3) is 5.56 Å². The predicted octanol–water partition coefficient (Wildman–Crippen LogP) is 3.62. The number of hydrogen-bond donors (Lipinski definition) is 0. The molecule has 8 heteroatoms. The second-order valence-corrected chi connectivity index (χ2v) is 4.74. The standard InChI is InChI=1S/C12H7Cl2F3N2O/c13-8-2-3-10(14)18-9(8)6-19-5-7(12(15,16)17)1-4-11(19)20/h1-5H,6H2. The molecule has 2 aromatic rings. The zero-order valence-corrected chi connectivity index (χ0v) is 11.3. The minimum absolute atomic E-state index is 0.143. The number of hydrogen-bond acceptors (Lipinski definition) is 2. The fourth-order valence-electron chi connectivity index (χ4n) is 1.55. The lowest BCUT2D eigenvalue weighted by Gasteiger charge is -2.11. The van der Waals surface area contributed by atoms with Gasteiger partial charge in [-0.2, -0.15) is 13.2 Å². The van der Waals surface area contributed by atoms with E-state index in [1.807, 2.05) is 0 Å². The van der Waals surface area contributed by atoms with E-state index in [4.69, 9.17) is 23.2 Å². The molecule has 20 heavy (non-hydrogen) atoms. The molecular formula is C12H7Cl2F3N2O. The molecule has 0 aromatic carbocycles. The second-order valence-electron chi connectivity index (χ2n) is 3.94. The Labute approximate surface area is 121 Å². The van der Waals surface area contributed by atoms with Crippen molar-refractivity contribution in [1.29, 1.82) is 0 Å². The quantitative estimate of drug-likeness (QED) is 0.791. The molecule has 0 aliphatic heterocycles. The van der Waals surface area contributed by atoms with Gasteiger partial charge in [0, 0.05) is 12.3 Å².